The molecule has 1 spiro atoms. The fourth-order valence-electron chi connectivity index (χ4n) is 3.49. The van der Waals surface area contributed by atoms with Crippen LogP contribution in [0.5, 0.6) is 0 Å². The first-order chi connectivity index (χ1) is 12.4. The van der Waals surface area contributed by atoms with Crippen molar-refractivity contribution in [2.45, 2.75) is 44.1 Å². The minimum Gasteiger partial charge on any atom is -0.326 e. The summed E-state index contributed by atoms with van der Waals surface area (Å²) in [4.78, 5) is 38.1. The van der Waals surface area contributed by atoms with E-state index in [1.165, 1.54) is 12.1 Å². The molecule has 3 rings (SSSR count). The molecular weight excluding hydrogens is 356 g/mol. The Hall–Kier alpha value is -2.59. The van der Waals surface area contributed by atoms with Gasteiger partial charge >= 0.3 is 6.03 Å². The van der Waals surface area contributed by atoms with E-state index in [1.54, 1.807) is 6.07 Å². The summed E-state index contributed by atoms with van der Waals surface area (Å²) in [5, 5.41) is 14.6. The summed E-state index contributed by atoms with van der Waals surface area (Å²) in [6.07, 6.45) is 4.21. The second kappa shape index (κ2) is 7.34. The van der Waals surface area contributed by atoms with Gasteiger partial charge in [0.25, 0.3) is 5.91 Å². The molecule has 1 aromatic rings. The lowest BCUT2D eigenvalue weighted by Crippen LogP contribution is -2.48. The first-order valence-corrected chi connectivity index (χ1v) is 8.97. The number of amides is 4. The molecule has 0 radical (unpaired) electrons. The summed E-state index contributed by atoms with van der Waals surface area (Å²) in [5.74, 6) is -0.563. The number of imide groups is 1. The van der Waals surface area contributed by atoms with Crippen molar-refractivity contribution in [1.29, 1.82) is 5.26 Å². The molecule has 0 atom stereocenters. The molecule has 1 aliphatic heterocycles. The SMILES string of the molecule is N#Cc1ccc(NC(=O)CCN2C(=O)NC3(CCCCC3)C2=O)cc1Cl. The molecule has 2 N–H and O–H groups in total. The van der Waals surface area contributed by atoms with Crippen LogP contribution in [0.1, 0.15) is 44.1 Å². The highest BCUT2D eigenvalue weighted by Crippen LogP contribution is 2.33. The van der Waals surface area contributed by atoms with E-state index in [0.29, 0.717) is 24.1 Å². The number of carbonyl (C=O) groups is 3. The van der Waals surface area contributed by atoms with Crippen LogP contribution in [0.25, 0.3) is 0 Å². The standard InChI is InChI=1S/C18H19ClN4O3/c19-14-10-13(5-4-12(14)11-20)21-15(24)6-9-23-16(25)18(22-17(23)26)7-2-1-3-8-18/h4-5,10H,1-3,6-9H2,(H,21,24)(H,22,26). The van der Waals surface area contributed by atoms with Crippen molar-refractivity contribution in [3.63, 3.8) is 0 Å². The van der Waals surface area contributed by atoms with Crippen LogP contribution < -0.4 is 10.6 Å². The Morgan fingerprint density at radius 1 is 1.31 bits per heavy atom. The van der Waals surface area contributed by atoms with Crippen molar-refractivity contribution < 1.29 is 14.4 Å². The van der Waals surface area contributed by atoms with Crippen LogP contribution >= 0.6 is 11.6 Å². The van der Waals surface area contributed by atoms with Crippen molar-refractivity contribution in [3.05, 3.63) is 28.8 Å². The van der Waals surface area contributed by atoms with Gasteiger partial charge in [-0.3, -0.25) is 14.5 Å². The van der Waals surface area contributed by atoms with Gasteiger partial charge in [0.05, 0.1) is 10.6 Å². The van der Waals surface area contributed by atoms with Gasteiger partial charge < -0.3 is 10.6 Å². The third-order valence-electron chi connectivity index (χ3n) is 4.89. The second-order valence-corrected chi connectivity index (χ2v) is 7.04. The summed E-state index contributed by atoms with van der Waals surface area (Å²) in [7, 11) is 0. The van der Waals surface area contributed by atoms with Crippen molar-refractivity contribution in [2.75, 3.05) is 11.9 Å². The van der Waals surface area contributed by atoms with Crippen LogP contribution in [0.15, 0.2) is 18.2 Å². The number of nitrogens with zero attached hydrogens (tertiary/aromatic N) is 2. The number of carbonyl (C=O) groups excluding carboxylic acids is 3. The van der Waals surface area contributed by atoms with E-state index in [1.807, 2.05) is 6.07 Å². The van der Waals surface area contributed by atoms with Gasteiger partial charge in [0.1, 0.15) is 11.6 Å². The van der Waals surface area contributed by atoms with Crippen LogP contribution in [-0.4, -0.2) is 34.8 Å². The van der Waals surface area contributed by atoms with Crippen molar-refractivity contribution in [1.82, 2.24) is 10.2 Å². The number of halogens is 1. The molecule has 0 unspecified atom stereocenters. The highest BCUT2D eigenvalue weighted by molar-refractivity contribution is 6.32. The molecule has 2 fully saturated rings. The predicted molar refractivity (Wildman–Crippen MR) is 95.5 cm³/mol. The van der Waals surface area contributed by atoms with E-state index in [2.05, 4.69) is 10.6 Å². The molecule has 1 aromatic carbocycles. The summed E-state index contributed by atoms with van der Waals surface area (Å²) < 4.78 is 0. The van der Waals surface area contributed by atoms with Gasteiger partial charge in [-0.1, -0.05) is 30.9 Å². The van der Waals surface area contributed by atoms with Crippen LogP contribution in [0.4, 0.5) is 10.5 Å². The summed E-state index contributed by atoms with van der Waals surface area (Å²) >= 11 is 5.93. The molecule has 1 heterocycles. The van der Waals surface area contributed by atoms with E-state index < -0.39 is 11.6 Å². The summed E-state index contributed by atoms with van der Waals surface area (Å²) in [6, 6.07) is 6.10. The van der Waals surface area contributed by atoms with Gasteiger partial charge in [0.2, 0.25) is 5.91 Å². The normalized spacial score (nSPS) is 18.5. The first-order valence-electron chi connectivity index (χ1n) is 8.59. The monoisotopic (exact) mass is 374 g/mol. The molecule has 8 heteroatoms. The van der Waals surface area contributed by atoms with Crippen LogP contribution in [0.3, 0.4) is 0 Å². The van der Waals surface area contributed by atoms with E-state index in [-0.39, 0.29) is 29.8 Å². The predicted octanol–water partition coefficient (Wildman–Crippen LogP) is 2.79. The van der Waals surface area contributed by atoms with Crippen molar-refractivity contribution >= 4 is 35.1 Å². The lowest BCUT2D eigenvalue weighted by Gasteiger charge is -2.30. The van der Waals surface area contributed by atoms with Gasteiger partial charge in [-0.25, -0.2) is 4.79 Å². The van der Waals surface area contributed by atoms with Crippen LogP contribution in [0.2, 0.25) is 5.02 Å². The molecule has 7 nitrogen and oxygen atoms in total. The lowest BCUT2D eigenvalue weighted by atomic mass is 9.82. The zero-order chi connectivity index (χ0) is 18.7. The van der Waals surface area contributed by atoms with Gasteiger partial charge in [-0.15, -0.1) is 0 Å². The smallest absolute Gasteiger partial charge is 0.325 e. The lowest BCUT2D eigenvalue weighted by molar-refractivity contribution is -0.132. The maximum Gasteiger partial charge on any atom is 0.325 e. The number of nitriles is 1. The minimum absolute atomic E-state index is 0.00708. The van der Waals surface area contributed by atoms with Crippen molar-refractivity contribution in [2.24, 2.45) is 0 Å². The summed E-state index contributed by atoms with van der Waals surface area (Å²) in [6.45, 7) is 0.0300. The molecule has 0 aromatic heterocycles. The Balaban J connectivity index is 1.57. The van der Waals surface area contributed by atoms with Gasteiger partial charge in [0, 0.05) is 18.7 Å². The topological polar surface area (TPSA) is 102 Å². The average molecular weight is 375 g/mol. The maximum absolute atomic E-state index is 12.6. The number of benzene rings is 1. The fraction of sp³-hybridized carbons (Fsp3) is 0.444. The second-order valence-electron chi connectivity index (χ2n) is 6.63. The van der Waals surface area contributed by atoms with Crippen LogP contribution in [-0.2, 0) is 9.59 Å². The number of nitrogens with one attached hydrogen (secondary N) is 2. The van der Waals surface area contributed by atoms with E-state index in [4.69, 9.17) is 16.9 Å². The van der Waals surface area contributed by atoms with E-state index in [0.717, 1.165) is 24.2 Å². The number of hydrogen-bond acceptors (Lipinski definition) is 4. The Morgan fingerprint density at radius 3 is 2.69 bits per heavy atom. The molecule has 1 aliphatic carbocycles. The summed E-state index contributed by atoms with van der Waals surface area (Å²) in [5.41, 5.74) is 0.00801. The van der Waals surface area contributed by atoms with Gasteiger partial charge in [-0.05, 0) is 31.0 Å². The maximum atomic E-state index is 12.6. The largest absolute Gasteiger partial charge is 0.326 e. The third-order valence-corrected chi connectivity index (χ3v) is 5.20. The van der Waals surface area contributed by atoms with E-state index >= 15 is 0 Å². The molecule has 1 saturated heterocycles. The third kappa shape index (κ3) is 3.51. The first kappa shape index (κ1) is 18.2. The van der Waals surface area contributed by atoms with Gasteiger partial charge in [-0.2, -0.15) is 5.26 Å². The number of rotatable bonds is 4. The Morgan fingerprint density at radius 2 is 2.04 bits per heavy atom. The molecular formula is C18H19ClN4O3. The Kier molecular flexibility index (Phi) is 5.14. The molecule has 1 saturated carbocycles. The molecule has 4 amide bonds. The van der Waals surface area contributed by atoms with E-state index in [9.17, 15) is 14.4 Å². The molecule has 136 valence electrons. The highest BCUT2D eigenvalue weighted by Gasteiger charge is 2.50. The minimum atomic E-state index is -0.771. The van der Waals surface area contributed by atoms with Crippen molar-refractivity contribution in [3.8, 4) is 6.07 Å². The highest BCUT2D eigenvalue weighted by atomic mass is 35.5. The number of urea groups is 1. The quantitative estimate of drug-likeness (QED) is 0.791. The Labute approximate surface area is 156 Å². The van der Waals surface area contributed by atoms with Gasteiger partial charge in [0.15, 0.2) is 0 Å². The zero-order valence-electron chi connectivity index (χ0n) is 14.2. The Bertz CT molecular complexity index is 796. The fourth-order valence-corrected chi connectivity index (χ4v) is 3.72. The number of anilines is 1. The number of hydrogen-bond donors (Lipinski definition) is 2. The molecule has 26 heavy (non-hydrogen) atoms. The zero-order valence-corrected chi connectivity index (χ0v) is 14.9. The molecule has 2 aliphatic rings. The average Bonchev–Trinajstić information content (AvgIpc) is 2.84. The van der Waals surface area contributed by atoms with Crippen LogP contribution in [0, 0.1) is 11.3 Å². The molecule has 0 bridgehead atoms.